The Kier molecular flexibility index (Phi) is 10.9. The van der Waals surface area contributed by atoms with Crippen molar-refractivity contribution in [1.29, 1.82) is 0 Å². The zero-order valence-corrected chi connectivity index (χ0v) is 37.3. The minimum absolute atomic E-state index is 0.0144. The van der Waals surface area contributed by atoms with Crippen LogP contribution < -0.4 is 0 Å². The maximum absolute atomic E-state index is 13.7. The van der Waals surface area contributed by atoms with Gasteiger partial charge in [0.25, 0.3) is 0 Å². The first-order valence-electron chi connectivity index (χ1n) is 22.3. The number of hydrogen-bond donors (Lipinski definition) is 3. The zero-order chi connectivity index (χ0) is 42.9. The van der Waals surface area contributed by atoms with Gasteiger partial charge in [0, 0.05) is 0 Å². The van der Waals surface area contributed by atoms with E-state index in [4.69, 9.17) is 37.9 Å². The molecule has 8 rings (SSSR count). The predicted octanol–water partition coefficient (Wildman–Crippen LogP) is 5.59. The topological polar surface area (TPSA) is 169 Å². The first-order valence-corrected chi connectivity index (χ1v) is 22.3. The molecule has 7 fully saturated rings. The predicted molar refractivity (Wildman–Crippen MR) is 213 cm³/mol. The Morgan fingerprint density at radius 1 is 0.763 bits per heavy atom. The highest BCUT2D eigenvalue weighted by atomic mass is 16.8. The zero-order valence-electron chi connectivity index (χ0n) is 37.3. The molecule has 3 heterocycles. The smallest absolute Gasteiger partial charge is 0.337 e. The van der Waals surface area contributed by atoms with E-state index in [1.165, 1.54) is 12.7 Å². The van der Waals surface area contributed by atoms with Crippen LogP contribution in [-0.4, -0.2) is 115 Å². The highest BCUT2D eigenvalue weighted by Gasteiger charge is 2.70. The van der Waals surface area contributed by atoms with Gasteiger partial charge in [0.2, 0.25) is 0 Å². The van der Waals surface area contributed by atoms with Gasteiger partial charge in [0.15, 0.2) is 24.5 Å². The second-order valence-corrected chi connectivity index (χ2v) is 22.2. The van der Waals surface area contributed by atoms with Crippen molar-refractivity contribution in [2.24, 2.45) is 50.2 Å². The number of hydrogen-bond acceptors (Lipinski definition) is 13. The van der Waals surface area contributed by atoms with E-state index >= 15 is 0 Å². The van der Waals surface area contributed by atoms with Gasteiger partial charge in [-0.15, -0.1) is 0 Å². The van der Waals surface area contributed by atoms with Crippen LogP contribution in [0.25, 0.3) is 0 Å². The van der Waals surface area contributed by atoms with Crippen LogP contribution in [0.1, 0.15) is 127 Å². The number of carbonyl (C=O) groups excluding carboxylic acids is 2. The number of methoxy groups -OCH3 is 2. The van der Waals surface area contributed by atoms with E-state index in [1.807, 2.05) is 0 Å². The maximum atomic E-state index is 13.7. The second kappa shape index (κ2) is 14.7. The Morgan fingerprint density at radius 3 is 2.17 bits per heavy atom. The third kappa shape index (κ3) is 6.63. The van der Waals surface area contributed by atoms with Gasteiger partial charge >= 0.3 is 11.9 Å². The lowest BCUT2D eigenvalue weighted by atomic mass is 9.33. The van der Waals surface area contributed by atoms with Crippen LogP contribution in [0.5, 0.6) is 0 Å². The van der Waals surface area contributed by atoms with Crippen LogP contribution in [-0.2, 0) is 47.5 Å². The first-order chi connectivity index (χ1) is 27.5. The number of esters is 2. The Labute approximate surface area is 350 Å². The summed E-state index contributed by atoms with van der Waals surface area (Å²) < 4.78 is 47.2. The summed E-state index contributed by atoms with van der Waals surface area (Å²) in [5.41, 5.74) is 0.829. The molecule has 13 nitrogen and oxygen atoms in total. The molecule has 0 radical (unpaired) electrons. The van der Waals surface area contributed by atoms with Gasteiger partial charge in [-0.3, -0.25) is 4.79 Å². The summed E-state index contributed by atoms with van der Waals surface area (Å²) in [4.78, 5) is 26.7. The number of aliphatic hydroxyl groups excluding tert-OH is 3. The van der Waals surface area contributed by atoms with E-state index in [0.29, 0.717) is 12.3 Å². The Hall–Kier alpha value is -1.68. The molecule has 59 heavy (non-hydrogen) atoms. The van der Waals surface area contributed by atoms with Gasteiger partial charge in [-0.05, 0) is 123 Å². The SMILES string of the molecule is COC(=O)[C@H]1O[C@@H](O[C@H]2CC[C@@]3(C)C(CC[C@]4(C)[C@@H]3CC=C3[C@@H]5CC(C)(C)CC[C@]5(C(=O)OC)CC[C@]34C)C2(C)C)[C@H](O)[C@@H](O[C@@H]2OC[C@@H]3OC(C)(C)O[C@@H]3[C@H]2O)[C@@H]1O. The van der Waals surface area contributed by atoms with E-state index in [-0.39, 0.29) is 57.6 Å². The van der Waals surface area contributed by atoms with E-state index in [0.717, 1.165) is 57.8 Å². The van der Waals surface area contributed by atoms with Gasteiger partial charge < -0.3 is 53.2 Å². The van der Waals surface area contributed by atoms with Crippen LogP contribution in [0.15, 0.2) is 11.6 Å². The molecule has 5 aliphatic carbocycles. The van der Waals surface area contributed by atoms with Crippen molar-refractivity contribution in [1.82, 2.24) is 0 Å². The number of allylic oxidation sites excluding steroid dienone is 2. The fourth-order valence-electron chi connectivity index (χ4n) is 14.6. The number of rotatable bonds is 6. The summed E-state index contributed by atoms with van der Waals surface area (Å²) in [6, 6.07) is 0. The number of ether oxygens (including phenoxy) is 8. The van der Waals surface area contributed by atoms with Crippen LogP contribution in [0.3, 0.4) is 0 Å². The molecule has 0 bridgehead atoms. The third-order valence-corrected chi connectivity index (χ3v) is 18.0. The summed E-state index contributed by atoms with van der Waals surface area (Å²) in [5.74, 6) is -0.920. The first kappa shape index (κ1) is 43.9. The summed E-state index contributed by atoms with van der Waals surface area (Å²) in [6.45, 7) is 20.3. The molecule has 1 unspecified atom stereocenters. The largest absolute Gasteiger partial charge is 0.469 e. The van der Waals surface area contributed by atoms with E-state index in [1.54, 1.807) is 21.0 Å². The number of carbonyl (C=O) groups is 2. The average molecular weight is 833 g/mol. The van der Waals surface area contributed by atoms with E-state index in [9.17, 15) is 24.9 Å². The lowest BCUT2D eigenvalue weighted by molar-refractivity contribution is -0.354. The van der Waals surface area contributed by atoms with E-state index in [2.05, 4.69) is 54.5 Å². The molecule has 0 amide bonds. The Bertz CT molecular complexity index is 1680. The van der Waals surface area contributed by atoms with Crippen molar-refractivity contribution in [3.05, 3.63) is 11.6 Å². The van der Waals surface area contributed by atoms with Crippen molar-refractivity contribution >= 4 is 11.9 Å². The Morgan fingerprint density at radius 2 is 1.47 bits per heavy atom. The molecule has 3 aliphatic heterocycles. The molecule has 0 spiro atoms. The van der Waals surface area contributed by atoms with Gasteiger partial charge in [0.05, 0.1) is 32.3 Å². The maximum Gasteiger partial charge on any atom is 0.337 e. The lowest BCUT2D eigenvalue weighted by Gasteiger charge is -2.71. The minimum Gasteiger partial charge on any atom is -0.469 e. The standard InChI is InChI=1S/C46H72O13/c1-40(2)18-20-46(39(51)53-11)21-19-44(8)24(25(46)22-40)12-13-28-43(7)16-15-29(41(3,4)27(43)14-17-45(28,44)9)55-38-32(49)34(30(47)35(57-38)36(50)52-10)56-37-31(48)33-26(23-54-37)58-42(5,6)59-33/h12,25-35,37-38,47-49H,13-23H2,1-11H3/t25-,26-,27?,28+,29-,30-,31+,32+,33-,34-,35-,37-,38+,43-,44+,45+,46-/m0/s1. The molecule has 334 valence electrons. The molecule has 3 saturated heterocycles. The molecule has 13 heteroatoms. The number of fused-ring (bicyclic) bond motifs is 8. The van der Waals surface area contributed by atoms with Crippen LogP contribution >= 0.6 is 0 Å². The third-order valence-electron chi connectivity index (χ3n) is 18.0. The highest BCUT2D eigenvalue weighted by Crippen LogP contribution is 2.76. The van der Waals surface area contributed by atoms with Crippen LogP contribution in [0, 0.1) is 50.2 Å². The molecule has 4 saturated carbocycles. The summed E-state index contributed by atoms with van der Waals surface area (Å²) >= 11 is 0. The van der Waals surface area contributed by atoms with Crippen molar-refractivity contribution in [2.75, 3.05) is 20.8 Å². The fourth-order valence-corrected chi connectivity index (χ4v) is 14.6. The summed E-state index contributed by atoms with van der Waals surface area (Å²) in [5, 5.41) is 34.5. The highest BCUT2D eigenvalue weighted by molar-refractivity contribution is 5.78. The van der Waals surface area contributed by atoms with Crippen molar-refractivity contribution < 1.29 is 62.8 Å². The van der Waals surface area contributed by atoms with Gasteiger partial charge in [-0.1, -0.05) is 60.1 Å². The fraction of sp³-hybridized carbons (Fsp3) is 0.913. The molecule has 8 aliphatic rings. The molecule has 0 aromatic heterocycles. The molecular weight excluding hydrogens is 760 g/mol. The van der Waals surface area contributed by atoms with Crippen molar-refractivity contribution in [3.63, 3.8) is 0 Å². The van der Waals surface area contributed by atoms with Gasteiger partial charge in [-0.2, -0.15) is 0 Å². The second-order valence-electron chi connectivity index (χ2n) is 22.2. The minimum atomic E-state index is -1.65. The molecule has 0 aromatic carbocycles. The molecular formula is C46H72O13. The number of aliphatic hydroxyl groups is 3. The van der Waals surface area contributed by atoms with Crippen LogP contribution in [0.2, 0.25) is 0 Å². The summed E-state index contributed by atoms with van der Waals surface area (Å²) in [7, 11) is 2.76. The Balaban J connectivity index is 1.03. The van der Waals surface area contributed by atoms with Crippen molar-refractivity contribution in [3.8, 4) is 0 Å². The molecule has 17 atom stereocenters. The molecule has 0 aromatic rings. The van der Waals surface area contributed by atoms with Crippen molar-refractivity contribution in [2.45, 2.75) is 194 Å². The van der Waals surface area contributed by atoms with Gasteiger partial charge in [0.1, 0.15) is 36.6 Å². The van der Waals surface area contributed by atoms with Crippen LogP contribution in [0.4, 0.5) is 0 Å². The summed E-state index contributed by atoms with van der Waals surface area (Å²) in [6.07, 6.45) is 0.251. The quantitative estimate of drug-likeness (QED) is 0.172. The monoisotopic (exact) mass is 832 g/mol. The normalized spacial score (nSPS) is 50.7. The lowest BCUT2D eigenvalue weighted by Crippen LogP contribution is -2.67. The van der Waals surface area contributed by atoms with E-state index < -0.39 is 72.5 Å². The average Bonchev–Trinajstić information content (AvgIpc) is 3.50. The molecule has 3 N–H and O–H groups in total. The van der Waals surface area contributed by atoms with Gasteiger partial charge in [-0.25, -0.2) is 4.79 Å².